The Kier molecular flexibility index (Phi) is 4.18. The SMILES string of the molecule is Cc1nnc(-c2ccccc2-c2ccc3[nH]c(-c4c(F)cccc4Cl)cc3c2)o1. The van der Waals surface area contributed by atoms with Crippen molar-refractivity contribution in [2.45, 2.75) is 6.92 Å². The summed E-state index contributed by atoms with van der Waals surface area (Å²) < 4.78 is 19.9. The minimum absolute atomic E-state index is 0.360. The van der Waals surface area contributed by atoms with E-state index < -0.39 is 0 Å². The molecule has 5 rings (SSSR count). The summed E-state index contributed by atoms with van der Waals surface area (Å²) in [6.45, 7) is 1.76. The molecule has 142 valence electrons. The number of nitrogens with zero attached hydrogens (tertiary/aromatic N) is 2. The van der Waals surface area contributed by atoms with Crippen LogP contribution in [-0.4, -0.2) is 15.2 Å². The summed E-state index contributed by atoms with van der Waals surface area (Å²) in [6.07, 6.45) is 0. The highest BCUT2D eigenvalue weighted by Gasteiger charge is 2.15. The Morgan fingerprint density at radius 3 is 2.52 bits per heavy atom. The van der Waals surface area contributed by atoms with E-state index >= 15 is 0 Å². The number of aryl methyl sites for hydroxylation is 1. The van der Waals surface area contributed by atoms with Gasteiger partial charge in [-0.05, 0) is 47.5 Å². The van der Waals surface area contributed by atoms with Crippen molar-refractivity contribution in [1.82, 2.24) is 15.2 Å². The summed E-state index contributed by atoms with van der Waals surface area (Å²) in [5, 5.41) is 9.40. The second-order valence-electron chi connectivity index (χ2n) is 6.75. The van der Waals surface area contributed by atoms with E-state index in [2.05, 4.69) is 15.2 Å². The molecule has 6 heteroatoms. The number of fused-ring (bicyclic) bond motifs is 1. The van der Waals surface area contributed by atoms with E-state index in [4.69, 9.17) is 16.0 Å². The van der Waals surface area contributed by atoms with Gasteiger partial charge in [0, 0.05) is 23.4 Å². The average Bonchev–Trinajstić information content (AvgIpc) is 3.33. The fourth-order valence-electron chi connectivity index (χ4n) is 3.52. The van der Waals surface area contributed by atoms with Crippen molar-refractivity contribution >= 4 is 22.5 Å². The summed E-state index contributed by atoms with van der Waals surface area (Å²) in [7, 11) is 0. The predicted molar refractivity (Wildman–Crippen MR) is 112 cm³/mol. The lowest BCUT2D eigenvalue weighted by atomic mass is 9.98. The second-order valence-corrected chi connectivity index (χ2v) is 7.16. The molecule has 0 aliphatic rings. The van der Waals surface area contributed by atoms with Gasteiger partial charge in [0.2, 0.25) is 11.8 Å². The smallest absolute Gasteiger partial charge is 0.248 e. The third-order valence-electron chi connectivity index (χ3n) is 4.85. The molecule has 0 spiro atoms. The van der Waals surface area contributed by atoms with E-state index in [-0.39, 0.29) is 5.82 Å². The van der Waals surface area contributed by atoms with Gasteiger partial charge in [0.1, 0.15) is 5.82 Å². The Hall–Kier alpha value is -3.44. The molecule has 0 bridgehead atoms. The Morgan fingerprint density at radius 2 is 1.76 bits per heavy atom. The molecule has 2 aromatic heterocycles. The molecule has 2 heterocycles. The number of rotatable bonds is 3. The van der Waals surface area contributed by atoms with Gasteiger partial charge in [0.25, 0.3) is 0 Å². The monoisotopic (exact) mass is 403 g/mol. The first-order valence-electron chi connectivity index (χ1n) is 9.07. The first kappa shape index (κ1) is 17.6. The van der Waals surface area contributed by atoms with Gasteiger partial charge in [-0.3, -0.25) is 0 Å². The van der Waals surface area contributed by atoms with Crippen LogP contribution in [0.15, 0.2) is 71.1 Å². The Balaban J connectivity index is 1.64. The number of aromatic amines is 1. The van der Waals surface area contributed by atoms with Gasteiger partial charge < -0.3 is 9.40 Å². The molecule has 0 fully saturated rings. The van der Waals surface area contributed by atoms with Crippen LogP contribution < -0.4 is 0 Å². The summed E-state index contributed by atoms with van der Waals surface area (Å²) >= 11 is 6.23. The van der Waals surface area contributed by atoms with Gasteiger partial charge in [0.05, 0.1) is 16.3 Å². The van der Waals surface area contributed by atoms with Crippen molar-refractivity contribution in [3.63, 3.8) is 0 Å². The number of benzene rings is 3. The van der Waals surface area contributed by atoms with E-state index in [1.54, 1.807) is 19.1 Å². The number of hydrogen-bond donors (Lipinski definition) is 1. The highest BCUT2D eigenvalue weighted by atomic mass is 35.5. The molecule has 3 aromatic carbocycles. The van der Waals surface area contributed by atoms with Crippen LogP contribution in [0.1, 0.15) is 5.89 Å². The summed E-state index contributed by atoms with van der Waals surface area (Å²) in [5.74, 6) is 0.634. The van der Waals surface area contributed by atoms with Gasteiger partial charge in [-0.2, -0.15) is 0 Å². The lowest BCUT2D eigenvalue weighted by Crippen LogP contribution is -1.85. The molecule has 4 nitrogen and oxygen atoms in total. The van der Waals surface area contributed by atoms with Gasteiger partial charge >= 0.3 is 0 Å². The number of hydrogen-bond acceptors (Lipinski definition) is 3. The van der Waals surface area contributed by atoms with E-state index in [0.29, 0.717) is 28.1 Å². The minimum Gasteiger partial charge on any atom is -0.421 e. The van der Waals surface area contributed by atoms with Crippen LogP contribution in [0.2, 0.25) is 5.02 Å². The first-order chi connectivity index (χ1) is 14.1. The van der Waals surface area contributed by atoms with Crippen LogP contribution in [-0.2, 0) is 0 Å². The zero-order valence-electron chi connectivity index (χ0n) is 15.4. The van der Waals surface area contributed by atoms with Crippen molar-refractivity contribution < 1.29 is 8.81 Å². The van der Waals surface area contributed by atoms with Crippen molar-refractivity contribution in [1.29, 1.82) is 0 Å². The topological polar surface area (TPSA) is 54.7 Å². The molecular formula is C23H15ClFN3O. The quantitative estimate of drug-likeness (QED) is 0.366. The number of halogens is 2. The minimum atomic E-state index is -0.360. The van der Waals surface area contributed by atoms with E-state index in [1.165, 1.54) is 6.07 Å². The molecule has 29 heavy (non-hydrogen) atoms. The molecule has 0 radical (unpaired) electrons. The second kappa shape index (κ2) is 6.87. The molecule has 0 saturated carbocycles. The number of H-pyrrole nitrogens is 1. The standard InChI is InChI=1S/C23H15ClFN3O/c1-13-27-28-23(29-13)17-6-3-2-5-16(17)14-9-10-20-15(11-14)12-21(26-20)22-18(24)7-4-8-19(22)25/h2-12,26H,1H3. The molecule has 1 N–H and O–H groups in total. The zero-order chi connectivity index (χ0) is 20.0. The molecular weight excluding hydrogens is 389 g/mol. The van der Waals surface area contributed by atoms with Crippen LogP contribution in [0.4, 0.5) is 4.39 Å². The summed E-state index contributed by atoms with van der Waals surface area (Å²) in [5.41, 5.74) is 4.74. The van der Waals surface area contributed by atoms with Gasteiger partial charge in [-0.25, -0.2) is 4.39 Å². The number of nitrogens with one attached hydrogen (secondary N) is 1. The molecule has 0 atom stereocenters. The van der Waals surface area contributed by atoms with Crippen LogP contribution in [0.25, 0.3) is 44.7 Å². The van der Waals surface area contributed by atoms with E-state index in [1.807, 2.05) is 48.5 Å². The van der Waals surface area contributed by atoms with Gasteiger partial charge in [0.15, 0.2) is 0 Å². The lowest BCUT2D eigenvalue weighted by Gasteiger charge is -2.06. The van der Waals surface area contributed by atoms with Crippen LogP contribution in [0, 0.1) is 12.7 Å². The predicted octanol–water partition coefficient (Wildman–Crippen LogP) is 6.65. The molecule has 0 saturated heterocycles. The molecule has 0 aliphatic heterocycles. The van der Waals surface area contributed by atoms with Crippen LogP contribution in [0.5, 0.6) is 0 Å². The summed E-state index contributed by atoms with van der Waals surface area (Å²) in [4.78, 5) is 3.26. The number of aromatic nitrogens is 3. The lowest BCUT2D eigenvalue weighted by molar-refractivity contribution is 0.533. The largest absolute Gasteiger partial charge is 0.421 e. The third kappa shape index (κ3) is 3.09. The summed E-state index contributed by atoms with van der Waals surface area (Å²) in [6, 6.07) is 20.5. The molecule has 0 amide bonds. The van der Waals surface area contributed by atoms with Gasteiger partial charge in [-0.1, -0.05) is 41.9 Å². The first-order valence-corrected chi connectivity index (χ1v) is 9.45. The Labute approximate surface area is 171 Å². The third-order valence-corrected chi connectivity index (χ3v) is 5.16. The zero-order valence-corrected chi connectivity index (χ0v) is 16.2. The molecule has 5 aromatic rings. The van der Waals surface area contributed by atoms with E-state index in [0.717, 1.165) is 27.6 Å². The fourth-order valence-corrected chi connectivity index (χ4v) is 3.78. The van der Waals surface area contributed by atoms with Gasteiger partial charge in [-0.15, -0.1) is 10.2 Å². The Morgan fingerprint density at radius 1 is 0.931 bits per heavy atom. The van der Waals surface area contributed by atoms with Crippen LogP contribution >= 0.6 is 11.6 Å². The van der Waals surface area contributed by atoms with Crippen LogP contribution in [0.3, 0.4) is 0 Å². The van der Waals surface area contributed by atoms with Crippen molar-refractivity contribution in [3.8, 4) is 33.8 Å². The van der Waals surface area contributed by atoms with E-state index in [9.17, 15) is 4.39 Å². The van der Waals surface area contributed by atoms with Crippen molar-refractivity contribution in [2.75, 3.05) is 0 Å². The van der Waals surface area contributed by atoms with Crippen molar-refractivity contribution in [2.24, 2.45) is 0 Å². The maximum atomic E-state index is 14.3. The molecule has 0 unspecified atom stereocenters. The maximum absolute atomic E-state index is 14.3. The molecule has 0 aliphatic carbocycles. The van der Waals surface area contributed by atoms with Crippen molar-refractivity contribution in [3.05, 3.63) is 83.5 Å². The highest BCUT2D eigenvalue weighted by molar-refractivity contribution is 6.33. The highest BCUT2D eigenvalue weighted by Crippen LogP contribution is 2.36. The fraction of sp³-hybridized carbons (Fsp3) is 0.0435. The average molecular weight is 404 g/mol. The maximum Gasteiger partial charge on any atom is 0.248 e. The normalized spacial score (nSPS) is 11.3. The Bertz CT molecular complexity index is 1340.